The highest BCUT2D eigenvalue weighted by atomic mass is 15.3. The molecule has 2 aliphatic rings. The third kappa shape index (κ3) is 4.22. The number of nitrogens with zero attached hydrogens (tertiary/aromatic N) is 2. The molecule has 0 aromatic carbocycles. The maximum absolute atomic E-state index is 5.71. The lowest BCUT2D eigenvalue weighted by Gasteiger charge is -2.39. The molecule has 0 radical (unpaired) electrons. The van der Waals surface area contributed by atoms with Crippen molar-refractivity contribution in [3.63, 3.8) is 0 Å². The van der Waals surface area contributed by atoms with Crippen LogP contribution in [0.25, 0.3) is 0 Å². The second-order valence-corrected chi connectivity index (χ2v) is 6.32. The average Bonchev–Trinajstić information content (AvgIpc) is 2.68. The van der Waals surface area contributed by atoms with E-state index in [-0.39, 0.29) is 0 Å². The van der Waals surface area contributed by atoms with Gasteiger partial charge in [-0.3, -0.25) is 4.90 Å². The monoisotopic (exact) mass is 253 g/mol. The normalized spacial score (nSPS) is 27.0. The molecular formula is C15H31N3. The summed E-state index contributed by atoms with van der Waals surface area (Å²) in [6, 6.07) is 0.890. The fourth-order valence-corrected chi connectivity index (χ4v) is 3.45. The summed E-state index contributed by atoms with van der Waals surface area (Å²) in [7, 11) is 0. The molecule has 1 saturated heterocycles. The fraction of sp³-hybridized carbons (Fsp3) is 1.00. The van der Waals surface area contributed by atoms with Crippen molar-refractivity contribution >= 4 is 0 Å². The molecule has 1 saturated carbocycles. The van der Waals surface area contributed by atoms with Crippen molar-refractivity contribution in [2.45, 2.75) is 51.5 Å². The molecular weight excluding hydrogens is 222 g/mol. The zero-order valence-electron chi connectivity index (χ0n) is 12.1. The van der Waals surface area contributed by atoms with Gasteiger partial charge in [0.15, 0.2) is 0 Å². The zero-order chi connectivity index (χ0) is 12.8. The van der Waals surface area contributed by atoms with E-state index in [0.29, 0.717) is 5.92 Å². The molecule has 0 spiro atoms. The molecule has 0 bridgehead atoms. The first-order valence-electron chi connectivity index (χ1n) is 7.96. The van der Waals surface area contributed by atoms with Crippen LogP contribution in [0.3, 0.4) is 0 Å². The van der Waals surface area contributed by atoms with Gasteiger partial charge in [0.05, 0.1) is 0 Å². The van der Waals surface area contributed by atoms with E-state index in [1.807, 2.05) is 0 Å². The summed E-state index contributed by atoms with van der Waals surface area (Å²) in [6.07, 6.45) is 8.72. The lowest BCUT2D eigenvalue weighted by molar-refractivity contribution is 0.0819. The molecule has 3 heteroatoms. The van der Waals surface area contributed by atoms with Crippen molar-refractivity contribution in [2.24, 2.45) is 11.7 Å². The topological polar surface area (TPSA) is 32.5 Å². The zero-order valence-corrected chi connectivity index (χ0v) is 12.1. The van der Waals surface area contributed by atoms with Crippen LogP contribution >= 0.6 is 0 Å². The second-order valence-electron chi connectivity index (χ2n) is 6.32. The van der Waals surface area contributed by atoms with Crippen LogP contribution in [0.4, 0.5) is 0 Å². The smallest absolute Gasteiger partial charge is 0.0113 e. The van der Waals surface area contributed by atoms with Crippen LogP contribution in [-0.4, -0.2) is 55.1 Å². The third-order valence-corrected chi connectivity index (χ3v) is 4.72. The summed E-state index contributed by atoms with van der Waals surface area (Å²) in [5.41, 5.74) is 5.71. The summed E-state index contributed by atoms with van der Waals surface area (Å²) in [4.78, 5) is 5.36. The first kappa shape index (κ1) is 14.3. The van der Waals surface area contributed by atoms with Crippen LogP contribution in [0.5, 0.6) is 0 Å². The van der Waals surface area contributed by atoms with E-state index < -0.39 is 0 Å². The van der Waals surface area contributed by atoms with Gasteiger partial charge in [-0.05, 0) is 25.3 Å². The van der Waals surface area contributed by atoms with Crippen LogP contribution in [0, 0.1) is 5.92 Å². The van der Waals surface area contributed by atoms with Crippen LogP contribution in [-0.2, 0) is 0 Å². The average molecular weight is 253 g/mol. The largest absolute Gasteiger partial charge is 0.330 e. The van der Waals surface area contributed by atoms with Gasteiger partial charge in [0.1, 0.15) is 0 Å². The van der Waals surface area contributed by atoms with Crippen molar-refractivity contribution in [3.8, 4) is 0 Å². The number of hydrogen-bond donors (Lipinski definition) is 1. The van der Waals surface area contributed by atoms with Gasteiger partial charge in [-0.1, -0.05) is 32.6 Å². The molecule has 0 aromatic rings. The van der Waals surface area contributed by atoms with Gasteiger partial charge in [0.2, 0.25) is 0 Å². The van der Waals surface area contributed by atoms with Gasteiger partial charge >= 0.3 is 0 Å². The minimum atomic E-state index is 0.648. The summed E-state index contributed by atoms with van der Waals surface area (Å²) in [6.45, 7) is 9.33. The van der Waals surface area contributed by atoms with E-state index in [1.165, 1.54) is 71.2 Å². The van der Waals surface area contributed by atoms with Crippen LogP contribution < -0.4 is 5.73 Å². The predicted octanol–water partition coefficient (Wildman–Crippen LogP) is 1.92. The Kier molecular flexibility index (Phi) is 5.93. The Balaban J connectivity index is 1.72. The van der Waals surface area contributed by atoms with Gasteiger partial charge in [-0.2, -0.15) is 0 Å². The molecule has 1 heterocycles. The minimum Gasteiger partial charge on any atom is -0.330 e. The number of piperazine rings is 1. The highest BCUT2D eigenvalue weighted by Gasteiger charge is 2.24. The molecule has 3 nitrogen and oxygen atoms in total. The van der Waals surface area contributed by atoms with Crippen LogP contribution in [0.15, 0.2) is 0 Å². The molecule has 0 amide bonds. The van der Waals surface area contributed by atoms with E-state index in [2.05, 4.69) is 16.7 Å². The standard InChI is InChI=1S/C15H31N3/c1-14(12-16)13-17-8-10-18(11-9-17)15-6-4-2-3-5-7-15/h14-15H,2-13,16H2,1H3. The van der Waals surface area contributed by atoms with Crippen molar-refractivity contribution in [2.75, 3.05) is 39.3 Å². The molecule has 1 unspecified atom stereocenters. The quantitative estimate of drug-likeness (QED) is 0.777. The van der Waals surface area contributed by atoms with Crippen molar-refractivity contribution in [1.29, 1.82) is 0 Å². The van der Waals surface area contributed by atoms with E-state index in [0.717, 1.165) is 12.6 Å². The minimum absolute atomic E-state index is 0.648. The van der Waals surface area contributed by atoms with Crippen LogP contribution in [0.1, 0.15) is 45.4 Å². The Morgan fingerprint density at radius 3 is 2.17 bits per heavy atom. The van der Waals surface area contributed by atoms with E-state index in [9.17, 15) is 0 Å². The highest BCUT2D eigenvalue weighted by Crippen LogP contribution is 2.22. The SMILES string of the molecule is CC(CN)CN1CCN(C2CCCCCC2)CC1. The molecule has 1 aliphatic heterocycles. The molecule has 106 valence electrons. The highest BCUT2D eigenvalue weighted by molar-refractivity contribution is 4.80. The van der Waals surface area contributed by atoms with E-state index in [1.54, 1.807) is 0 Å². The number of nitrogens with two attached hydrogens (primary N) is 1. The Morgan fingerprint density at radius 1 is 1.00 bits per heavy atom. The molecule has 2 fully saturated rings. The molecule has 2 N–H and O–H groups in total. The molecule has 2 rings (SSSR count). The van der Waals surface area contributed by atoms with Gasteiger partial charge in [-0.15, -0.1) is 0 Å². The lowest BCUT2D eigenvalue weighted by atomic mass is 10.1. The van der Waals surface area contributed by atoms with Gasteiger partial charge in [0, 0.05) is 38.8 Å². The van der Waals surface area contributed by atoms with E-state index >= 15 is 0 Å². The first-order chi connectivity index (χ1) is 8.79. The molecule has 1 aliphatic carbocycles. The van der Waals surface area contributed by atoms with Gasteiger partial charge < -0.3 is 10.6 Å². The van der Waals surface area contributed by atoms with Crippen molar-refractivity contribution in [1.82, 2.24) is 9.80 Å². The summed E-state index contributed by atoms with van der Waals surface area (Å²) in [5.74, 6) is 0.648. The molecule has 0 aromatic heterocycles. The maximum atomic E-state index is 5.71. The molecule has 1 atom stereocenters. The summed E-state index contributed by atoms with van der Waals surface area (Å²) in [5, 5.41) is 0. The Morgan fingerprint density at radius 2 is 1.61 bits per heavy atom. The van der Waals surface area contributed by atoms with Crippen molar-refractivity contribution < 1.29 is 0 Å². The van der Waals surface area contributed by atoms with Gasteiger partial charge in [-0.25, -0.2) is 0 Å². The third-order valence-electron chi connectivity index (χ3n) is 4.72. The van der Waals surface area contributed by atoms with Gasteiger partial charge in [0.25, 0.3) is 0 Å². The number of hydrogen-bond acceptors (Lipinski definition) is 3. The summed E-state index contributed by atoms with van der Waals surface area (Å²) >= 11 is 0. The second kappa shape index (κ2) is 7.46. The summed E-state index contributed by atoms with van der Waals surface area (Å²) < 4.78 is 0. The molecule has 18 heavy (non-hydrogen) atoms. The predicted molar refractivity (Wildman–Crippen MR) is 77.7 cm³/mol. The maximum Gasteiger partial charge on any atom is 0.0113 e. The van der Waals surface area contributed by atoms with E-state index in [4.69, 9.17) is 5.73 Å². The number of rotatable bonds is 4. The Labute approximate surface area is 113 Å². The van der Waals surface area contributed by atoms with Crippen molar-refractivity contribution in [3.05, 3.63) is 0 Å². The lowest BCUT2D eigenvalue weighted by Crippen LogP contribution is -2.51. The van der Waals surface area contributed by atoms with Crippen LogP contribution in [0.2, 0.25) is 0 Å². The Hall–Kier alpha value is -0.120. The fourth-order valence-electron chi connectivity index (χ4n) is 3.45. The first-order valence-corrected chi connectivity index (χ1v) is 7.96. The Bertz CT molecular complexity index is 216.